The largest absolute Gasteiger partial charge is 0.310 e. The first-order valence-corrected chi connectivity index (χ1v) is 9.29. The molecule has 0 radical (unpaired) electrons. The lowest BCUT2D eigenvalue weighted by molar-refractivity contribution is -0.119. The van der Waals surface area contributed by atoms with Gasteiger partial charge in [-0.25, -0.2) is 0 Å². The SMILES string of the molecule is O=C(CN1CCC2CCC(C1)N2)N1CCSc2ccccc21. The predicted octanol–water partition coefficient (Wildman–Crippen LogP) is 1.95. The van der Waals surface area contributed by atoms with E-state index >= 15 is 0 Å². The van der Waals surface area contributed by atoms with Gasteiger partial charge in [-0.3, -0.25) is 9.69 Å². The Morgan fingerprint density at radius 2 is 2.05 bits per heavy atom. The lowest BCUT2D eigenvalue weighted by atomic mass is 10.1. The van der Waals surface area contributed by atoms with Gasteiger partial charge in [-0.2, -0.15) is 0 Å². The summed E-state index contributed by atoms with van der Waals surface area (Å²) < 4.78 is 0. The molecule has 0 aromatic heterocycles. The van der Waals surface area contributed by atoms with Crippen molar-refractivity contribution in [1.82, 2.24) is 10.2 Å². The molecule has 4 rings (SSSR count). The highest BCUT2D eigenvalue weighted by Gasteiger charge is 2.31. The van der Waals surface area contributed by atoms with Gasteiger partial charge in [-0.15, -0.1) is 11.8 Å². The lowest BCUT2D eigenvalue weighted by Gasteiger charge is -2.31. The van der Waals surface area contributed by atoms with E-state index in [0.29, 0.717) is 18.6 Å². The number of likely N-dealkylation sites (tertiary alicyclic amines) is 1. The summed E-state index contributed by atoms with van der Waals surface area (Å²) in [5.41, 5.74) is 1.10. The first-order chi connectivity index (χ1) is 10.8. The van der Waals surface area contributed by atoms with Crippen molar-refractivity contribution >= 4 is 23.4 Å². The number of benzene rings is 1. The number of thioether (sulfide) groups is 1. The van der Waals surface area contributed by atoms with Crippen LogP contribution in [0.25, 0.3) is 0 Å². The maximum Gasteiger partial charge on any atom is 0.241 e. The average Bonchev–Trinajstić information content (AvgIpc) is 2.89. The predicted molar refractivity (Wildman–Crippen MR) is 90.5 cm³/mol. The Balaban J connectivity index is 1.44. The van der Waals surface area contributed by atoms with Gasteiger partial charge >= 0.3 is 0 Å². The molecule has 3 heterocycles. The van der Waals surface area contributed by atoms with E-state index in [2.05, 4.69) is 28.4 Å². The molecule has 0 aliphatic carbocycles. The smallest absolute Gasteiger partial charge is 0.241 e. The first-order valence-electron chi connectivity index (χ1n) is 8.30. The number of hydrogen-bond donors (Lipinski definition) is 1. The monoisotopic (exact) mass is 317 g/mol. The minimum Gasteiger partial charge on any atom is -0.310 e. The molecule has 0 saturated carbocycles. The molecular weight excluding hydrogens is 294 g/mol. The van der Waals surface area contributed by atoms with Crippen LogP contribution in [0.15, 0.2) is 29.2 Å². The van der Waals surface area contributed by atoms with Crippen LogP contribution in [0.2, 0.25) is 0 Å². The van der Waals surface area contributed by atoms with E-state index in [1.54, 1.807) is 0 Å². The van der Waals surface area contributed by atoms with Crippen LogP contribution < -0.4 is 10.2 Å². The summed E-state index contributed by atoms with van der Waals surface area (Å²) in [7, 11) is 0. The van der Waals surface area contributed by atoms with E-state index in [1.807, 2.05) is 22.7 Å². The highest BCUT2D eigenvalue weighted by atomic mass is 32.2. The molecule has 22 heavy (non-hydrogen) atoms. The molecule has 2 saturated heterocycles. The molecule has 118 valence electrons. The van der Waals surface area contributed by atoms with Crippen molar-refractivity contribution in [3.8, 4) is 0 Å². The van der Waals surface area contributed by atoms with Gasteiger partial charge in [0.15, 0.2) is 0 Å². The van der Waals surface area contributed by atoms with Gasteiger partial charge in [-0.05, 0) is 31.4 Å². The molecule has 2 atom stereocenters. The maximum absolute atomic E-state index is 12.8. The summed E-state index contributed by atoms with van der Waals surface area (Å²) in [5.74, 6) is 1.25. The van der Waals surface area contributed by atoms with Crippen LogP contribution in [0.5, 0.6) is 0 Å². The molecule has 3 aliphatic rings. The Bertz CT molecular complexity index is 565. The van der Waals surface area contributed by atoms with Gasteiger partial charge in [0.25, 0.3) is 0 Å². The maximum atomic E-state index is 12.8. The van der Waals surface area contributed by atoms with Crippen molar-refractivity contribution in [2.24, 2.45) is 0 Å². The summed E-state index contributed by atoms with van der Waals surface area (Å²) in [6, 6.07) is 9.54. The molecule has 5 heteroatoms. The van der Waals surface area contributed by atoms with E-state index in [0.717, 1.165) is 31.1 Å². The third-order valence-electron chi connectivity index (χ3n) is 5.00. The summed E-state index contributed by atoms with van der Waals surface area (Å²) in [4.78, 5) is 18.4. The zero-order valence-corrected chi connectivity index (χ0v) is 13.6. The fourth-order valence-electron chi connectivity index (χ4n) is 3.86. The quantitative estimate of drug-likeness (QED) is 0.904. The van der Waals surface area contributed by atoms with Crippen LogP contribution in [0.3, 0.4) is 0 Å². The molecule has 0 spiro atoms. The lowest BCUT2D eigenvalue weighted by Crippen LogP contribution is -2.45. The van der Waals surface area contributed by atoms with Crippen LogP contribution in [0.4, 0.5) is 5.69 Å². The molecule has 1 amide bonds. The second kappa shape index (κ2) is 6.22. The van der Waals surface area contributed by atoms with E-state index in [4.69, 9.17) is 0 Å². The Labute approximate surface area is 136 Å². The van der Waals surface area contributed by atoms with Crippen LogP contribution in [0, 0.1) is 0 Å². The number of carbonyl (C=O) groups is 1. The molecule has 2 fully saturated rings. The summed E-state index contributed by atoms with van der Waals surface area (Å²) in [6.45, 7) is 3.46. The Kier molecular flexibility index (Phi) is 4.11. The number of nitrogens with one attached hydrogen (secondary N) is 1. The van der Waals surface area contributed by atoms with Gasteiger partial charge in [0, 0.05) is 42.4 Å². The van der Waals surface area contributed by atoms with Gasteiger partial charge in [-0.1, -0.05) is 12.1 Å². The van der Waals surface area contributed by atoms with Crippen molar-refractivity contribution in [3.63, 3.8) is 0 Å². The number of fused-ring (bicyclic) bond motifs is 3. The van der Waals surface area contributed by atoms with E-state index in [-0.39, 0.29) is 5.91 Å². The summed E-state index contributed by atoms with van der Waals surface area (Å²) >= 11 is 1.85. The normalized spacial score (nSPS) is 28.3. The number of carbonyl (C=O) groups excluding carboxylic acids is 1. The molecule has 4 nitrogen and oxygen atoms in total. The zero-order chi connectivity index (χ0) is 14.9. The van der Waals surface area contributed by atoms with Gasteiger partial charge in [0.2, 0.25) is 5.91 Å². The summed E-state index contributed by atoms with van der Waals surface area (Å²) in [5, 5.41) is 3.68. The summed E-state index contributed by atoms with van der Waals surface area (Å²) in [6.07, 6.45) is 3.75. The van der Waals surface area contributed by atoms with Crippen molar-refractivity contribution in [2.45, 2.75) is 36.2 Å². The number of anilines is 1. The standard InChI is InChI=1S/C17H23N3OS/c21-17(12-19-8-7-13-5-6-14(11-19)18-13)20-9-10-22-16-4-2-1-3-15(16)20/h1-4,13-14,18H,5-12H2. The van der Waals surface area contributed by atoms with Crippen LogP contribution in [-0.4, -0.2) is 54.8 Å². The number of nitrogens with zero attached hydrogens (tertiary/aromatic N) is 2. The zero-order valence-electron chi connectivity index (χ0n) is 12.8. The second-order valence-corrected chi connectivity index (χ2v) is 7.66. The highest BCUT2D eigenvalue weighted by Crippen LogP contribution is 2.34. The van der Waals surface area contributed by atoms with Crippen LogP contribution in [0.1, 0.15) is 19.3 Å². The molecule has 3 aliphatic heterocycles. The van der Waals surface area contributed by atoms with E-state index in [1.165, 1.54) is 24.2 Å². The third-order valence-corrected chi connectivity index (χ3v) is 6.04. The number of hydrogen-bond acceptors (Lipinski definition) is 4. The Hall–Kier alpha value is -1.04. The number of para-hydroxylation sites is 1. The minimum atomic E-state index is 0.255. The number of rotatable bonds is 2. The first kappa shape index (κ1) is 14.5. The van der Waals surface area contributed by atoms with Gasteiger partial charge < -0.3 is 10.2 Å². The fourth-order valence-corrected chi connectivity index (χ4v) is 4.86. The Morgan fingerprint density at radius 3 is 3.00 bits per heavy atom. The van der Waals surface area contributed by atoms with Crippen LogP contribution >= 0.6 is 11.8 Å². The van der Waals surface area contributed by atoms with Crippen molar-refractivity contribution in [3.05, 3.63) is 24.3 Å². The molecule has 2 bridgehead atoms. The Morgan fingerprint density at radius 1 is 1.18 bits per heavy atom. The molecule has 2 unspecified atom stereocenters. The van der Waals surface area contributed by atoms with Gasteiger partial charge in [0.1, 0.15) is 0 Å². The molecular formula is C17H23N3OS. The van der Waals surface area contributed by atoms with Crippen molar-refractivity contribution < 1.29 is 4.79 Å². The van der Waals surface area contributed by atoms with E-state index in [9.17, 15) is 4.79 Å². The molecule has 1 aromatic rings. The highest BCUT2D eigenvalue weighted by molar-refractivity contribution is 7.99. The van der Waals surface area contributed by atoms with Gasteiger partial charge in [0.05, 0.1) is 12.2 Å². The third kappa shape index (κ3) is 2.90. The molecule has 1 aromatic carbocycles. The topological polar surface area (TPSA) is 35.6 Å². The van der Waals surface area contributed by atoms with Crippen LogP contribution in [-0.2, 0) is 4.79 Å². The number of amides is 1. The minimum absolute atomic E-state index is 0.255. The van der Waals surface area contributed by atoms with E-state index < -0.39 is 0 Å². The van der Waals surface area contributed by atoms with Crippen molar-refractivity contribution in [2.75, 3.05) is 36.8 Å². The fraction of sp³-hybridized carbons (Fsp3) is 0.588. The molecule has 1 N–H and O–H groups in total. The second-order valence-electron chi connectivity index (χ2n) is 6.52. The van der Waals surface area contributed by atoms with Crippen molar-refractivity contribution in [1.29, 1.82) is 0 Å². The average molecular weight is 317 g/mol.